The van der Waals surface area contributed by atoms with Crippen LogP contribution in [0.5, 0.6) is 0 Å². The molecule has 0 bridgehead atoms. The fourth-order valence-electron chi connectivity index (χ4n) is 4.17. The molecule has 0 amide bonds. The molecule has 0 aliphatic carbocycles. The topological polar surface area (TPSA) is 35.8 Å². The quantitative estimate of drug-likeness (QED) is 0.432. The SMILES string of the molecule is CCCCCC(CCC)C(C#N)(CC(CCC)NC)c1ccccc1. The van der Waals surface area contributed by atoms with E-state index in [2.05, 4.69) is 62.5 Å². The van der Waals surface area contributed by atoms with Crippen LogP contribution in [-0.4, -0.2) is 13.1 Å². The van der Waals surface area contributed by atoms with Gasteiger partial charge < -0.3 is 5.32 Å². The zero-order valence-electron chi connectivity index (χ0n) is 16.9. The van der Waals surface area contributed by atoms with Crippen LogP contribution in [-0.2, 0) is 5.41 Å². The Kier molecular flexibility index (Phi) is 10.5. The van der Waals surface area contributed by atoms with E-state index in [4.69, 9.17) is 0 Å². The van der Waals surface area contributed by atoms with E-state index in [1.807, 2.05) is 7.05 Å². The molecular formula is C23H38N2. The summed E-state index contributed by atoms with van der Waals surface area (Å²) in [6.07, 6.45) is 10.4. The summed E-state index contributed by atoms with van der Waals surface area (Å²) in [6.45, 7) is 6.73. The van der Waals surface area contributed by atoms with Crippen LogP contribution >= 0.6 is 0 Å². The first-order chi connectivity index (χ1) is 12.2. The Bertz CT molecular complexity index is 491. The van der Waals surface area contributed by atoms with Crippen LogP contribution in [0.25, 0.3) is 0 Å². The number of nitrogens with zero attached hydrogens (tertiary/aromatic N) is 1. The standard InChI is InChI=1S/C23H38N2/c1-5-8-10-15-20(13-6-2)23(19-24,18-22(25-4)14-7-3)21-16-11-9-12-17-21/h9,11-12,16-17,20,22,25H,5-8,10,13-15,18H2,1-4H3. The third-order valence-electron chi connectivity index (χ3n) is 5.59. The summed E-state index contributed by atoms with van der Waals surface area (Å²) in [5, 5.41) is 13.9. The molecule has 3 atom stereocenters. The van der Waals surface area contributed by atoms with E-state index >= 15 is 0 Å². The molecule has 1 aromatic rings. The Morgan fingerprint density at radius 2 is 1.64 bits per heavy atom. The van der Waals surface area contributed by atoms with E-state index in [1.54, 1.807) is 0 Å². The Morgan fingerprint density at radius 1 is 0.960 bits per heavy atom. The largest absolute Gasteiger partial charge is 0.317 e. The molecule has 0 spiro atoms. The Labute approximate surface area is 156 Å². The van der Waals surface area contributed by atoms with Crippen molar-refractivity contribution in [3.63, 3.8) is 0 Å². The number of rotatable bonds is 13. The molecule has 0 fully saturated rings. The molecule has 0 saturated carbocycles. The van der Waals surface area contributed by atoms with Crippen molar-refractivity contribution in [1.29, 1.82) is 5.26 Å². The first-order valence-electron chi connectivity index (χ1n) is 10.3. The molecule has 140 valence electrons. The van der Waals surface area contributed by atoms with Gasteiger partial charge in [-0.3, -0.25) is 0 Å². The number of nitrogens with one attached hydrogen (secondary N) is 1. The van der Waals surface area contributed by atoms with Gasteiger partial charge in [0.1, 0.15) is 0 Å². The van der Waals surface area contributed by atoms with E-state index in [0.29, 0.717) is 12.0 Å². The highest BCUT2D eigenvalue weighted by Gasteiger charge is 2.41. The molecule has 3 unspecified atom stereocenters. The van der Waals surface area contributed by atoms with Gasteiger partial charge in [0.05, 0.1) is 11.5 Å². The lowest BCUT2D eigenvalue weighted by atomic mass is 9.64. The highest BCUT2D eigenvalue weighted by Crippen LogP contribution is 2.42. The van der Waals surface area contributed by atoms with Gasteiger partial charge >= 0.3 is 0 Å². The van der Waals surface area contributed by atoms with Gasteiger partial charge in [-0.05, 0) is 44.2 Å². The Balaban J connectivity index is 3.24. The molecule has 2 nitrogen and oxygen atoms in total. The maximum absolute atomic E-state index is 10.4. The van der Waals surface area contributed by atoms with E-state index in [1.165, 1.54) is 24.8 Å². The van der Waals surface area contributed by atoms with Crippen LogP contribution in [0.3, 0.4) is 0 Å². The van der Waals surface area contributed by atoms with Crippen molar-refractivity contribution in [1.82, 2.24) is 5.32 Å². The first-order valence-corrected chi connectivity index (χ1v) is 10.3. The first kappa shape index (κ1) is 21.7. The van der Waals surface area contributed by atoms with Gasteiger partial charge in [0, 0.05) is 6.04 Å². The van der Waals surface area contributed by atoms with Crippen molar-refractivity contribution in [2.75, 3.05) is 7.05 Å². The third-order valence-corrected chi connectivity index (χ3v) is 5.59. The number of hydrogen-bond acceptors (Lipinski definition) is 2. The smallest absolute Gasteiger partial charge is 0.0865 e. The van der Waals surface area contributed by atoms with Crippen molar-refractivity contribution in [3.8, 4) is 6.07 Å². The van der Waals surface area contributed by atoms with Crippen LogP contribution in [0.15, 0.2) is 30.3 Å². The minimum Gasteiger partial charge on any atom is -0.317 e. The van der Waals surface area contributed by atoms with Crippen molar-refractivity contribution in [3.05, 3.63) is 35.9 Å². The van der Waals surface area contributed by atoms with Crippen LogP contribution in [0.2, 0.25) is 0 Å². The van der Waals surface area contributed by atoms with Gasteiger partial charge in [0.15, 0.2) is 0 Å². The monoisotopic (exact) mass is 342 g/mol. The molecule has 0 heterocycles. The third kappa shape index (κ3) is 6.15. The van der Waals surface area contributed by atoms with Gasteiger partial charge in [-0.25, -0.2) is 0 Å². The maximum atomic E-state index is 10.4. The lowest BCUT2D eigenvalue weighted by molar-refractivity contribution is 0.245. The minimum atomic E-state index is -0.381. The summed E-state index contributed by atoms with van der Waals surface area (Å²) in [5.41, 5.74) is 0.831. The molecule has 1 aromatic carbocycles. The molecule has 0 aliphatic rings. The van der Waals surface area contributed by atoms with E-state index in [9.17, 15) is 5.26 Å². The fraction of sp³-hybridized carbons (Fsp3) is 0.696. The summed E-state index contributed by atoms with van der Waals surface area (Å²) < 4.78 is 0. The molecule has 0 saturated heterocycles. The van der Waals surface area contributed by atoms with Crippen molar-refractivity contribution >= 4 is 0 Å². The summed E-state index contributed by atoms with van der Waals surface area (Å²) >= 11 is 0. The number of unbranched alkanes of at least 4 members (excludes halogenated alkanes) is 2. The van der Waals surface area contributed by atoms with Crippen molar-refractivity contribution < 1.29 is 0 Å². The molecule has 2 heteroatoms. The van der Waals surface area contributed by atoms with Crippen LogP contribution in [0, 0.1) is 17.2 Å². The predicted octanol–water partition coefficient (Wildman–Crippen LogP) is 6.22. The van der Waals surface area contributed by atoms with Crippen molar-refractivity contribution in [2.24, 2.45) is 5.92 Å². The van der Waals surface area contributed by atoms with Gasteiger partial charge in [0.25, 0.3) is 0 Å². The number of benzene rings is 1. The average Bonchev–Trinajstić information content (AvgIpc) is 2.65. The zero-order chi connectivity index (χ0) is 18.5. The molecule has 1 rings (SSSR count). The second-order valence-corrected chi connectivity index (χ2v) is 7.41. The van der Waals surface area contributed by atoms with E-state index < -0.39 is 0 Å². The Hall–Kier alpha value is -1.33. The second-order valence-electron chi connectivity index (χ2n) is 7.41. The van der Waals surface area contributed by atoms with Gasteiger partial charge in [-0.2, -0.15) is 5.26 Å². The van der Waals surface area contributed by atoms with Crippen LogP contribution in [0.4, 0.5) is 0 Å². The van der Waals surface area contributed by atoms with Gasteiger partial charge in [0.2, 0.25) is 0 Å². The summed E-state index contributed by atoms with van der Waals surface area (Å²) in [5.74, 6) is 0.434. The second kappa shape index (κ2) is 12.1. The number of nitriles is 1. The summed E-state index contributed by atoms with van der Waals surface area (Å²) in [4.78, 5) is 0. The van der Waals surface area contributed by atoms with E-state index in [0.717, 1.165) is 38.5 Å². The lowest BCUT2D eigenvalue weighted by Crippen LogP contribution is -2.41. The average molecular weight is 343 g/mol. The maximum Gasteiger partial charge on any atom is 0.0865 e. The molecule has 0 aliphatic heterocycles. The Morgan fingerprint density at radius 3 is 2.16 bits per heavy atom. The predicted molar refractivity (Wildman–Crippen MR) is 109 cm³/mol. The lowest BCUT2D eigenvalue weighted by Gasteiger charge is -2.38. The summed E-state index contributed by atoms with van der Waals surface area (Å²) in [6, 6.07) is 13.8. The fourth-order valence-corrected chi connectivity index (χ4v) is 4.17. The van der Waals surface area contributed by atoms with Gasteiger partial charge in [-0.15, -0.1) is 0 Å². The molecular weight excluding hydrogens is 304 g/mol. The molecule has 1 N–H and O–H groups in total. The van der Waals surface area contributed by atoms with Crippen LogP contribution < -0.4 is 5.32 Å². The summed E-state index contributed by atoms with van der Waals surface area (Å²) in [7, 11) is 2.04. The molecule has 0 aromatic heterocycles. The minimum absolute atomic E-state index is 0.381. The molecule has 25 heavy (non-hydrogen) atoms. The zero-order valence-corrected chi connectivity index (χ0v) is 16.9. The van der Waals surface area contributed by atoms with Gasteiger partial charge in [-0.1, -0.05) is 83.2 Å². The highest BCUT2D eigenvalue weighted by atomic mass is 14.9. The van der Waals surface area contributed by atoms with Crippen molar-refractivity contribution in [2.45, 2.75) is 90.0 Å². The number of hydrogen-bond donors (Lipinski definition) is 1. The molecule has 0 radical (unpaired) electrons. The van der Waals surface area contributed by atoms with E-state index in [-0.39, 0.29) is 5.41 Å². The highest BCUT2D eigenvalue weighted by molar-refractivity contribution is 5.34. The van der Waals surface area contributed by atoms with Crippen LogP contribution in [0.1, 0.15) is 84.1 Å². The normalized spacial score (nSPS) is 16.0.